The second kappa shape index (κ2) is 9.12. The van der Waals surface area contributed by atoms with Gasteiger partial charge >= 0.3 is 0 Å². The van der Waals surface area contributed by atoms with E-state index in [1.54, 1.807) is 18.4 Å². The lowest BCUT2D eigenvalue weighted by Gasteiger charge is -2.22. The molecule has 0 unspecified atom stereocenters. The predicted octanol–water partition coefficient (Wildman–Crippen LogP) is 4.02. The van der Waals surface area contributed by atoms with Crippen molar-refractivity contribution >= 4 is 41.3 Å². The number of ether oxygens (including phenoxy) is 1. The van der Waals surface area contributed by atoms with Gasteiger partial charge in [0, 0.05) is 33.1 Å². The van der Waals surface area contributed by atoms with Gasteiger partial charge in [-0.3, -0.25) is 0 Å². The Kier molecular flexibility index (Phi) is 7.84. The van der Waals surface area contributed by atoms with Crippen molar-refractivity contribution in [2.24, 2.45) is 4.99 Å². The summed E-state index contributed by atoms with van der Waals surface area (Å²) in [6.07, 6.45) is 0. The van der Waals surface area contributed by atoms with Crippen LogP contribution >= 0.6 is 35.3 Å². The van der Waals surface area contributed by atoms with Crippen molar-refractivity contribution < 1.29 is 4.74 Å². The number of thiophene rings is 1. The average Bonchev–Trinajstić information content (AvgIpc) is 2.95. The van der Waals surface area contributed by atoms with Crippen LogP contribution in [0.25, 0.3) is 11.1 Å². The van der Waals surface area contributed by atoms with Gasteiger partial charge in [0.05, 0.1) is 13.7 Å². The highest BCUT2D eigenvalue weighted by atomic mass is 127. The maximum absolute atomic E-state index is 5.20. The van der Waals surface area contributed by atoms with Crippen LogP contribution in [0, 0.1) is 0 Å². The fraction of sp³-hybridized carbons (Fsp3) is 0.353. The highest BCUT2D eigenvalue weighted by Gasteiger charge is 2.06. The summed E-state index contributed by atoms with van der Waals surface area (Å²) in [5, 5.41) is 2.18. The molecule has 2 aromatic rings. The molecule has 4 nitrogen and oxygen atoms in total. The normalized spacial score (nSPS) is 9.78. The Morgan fingerprint density at radius 2 is 1.65 bits per heavy atom. The van der Waals surface area contributed by atoms with E-state index in [2.05, 4.69) is 28.6 Å². The number of hydrogen-bond donors (Lipinski definition) is 0. The summed E-state index contributed by atoms with van der Waals surface area (Å²) < 4.78 is 5.20. The number of hydrogen-bond acceptors (Lipinski definition) is 3. The van der Waals surface area contributed by atoms with Crippen LogP contribution in [0.3, 0.4) is 0 Å². The van der Waals surface area contributed by atoms with E-state index in [1.165, 1.54) is 16.0 Å². The molecule has 0 fully saturated rings. The van der Waals surface area contributed by atoms with E-state index >= 15 is 0 Å². The molecule has 0 amide bonds. The van der Waals surface area contributed by atoms with Crippen molar-refractivity contribution in [3.05, 3.63) is 40.6 Å². The van der Waals surface area contributed by atoms with E-state index in [0.717, 1.165) is 11.7 Å². The first-order valence-electron chi connectivity index (χ1n) is 7.12. The minimum Gasteiger partial charge on any atom is -0.497 e. The second-order valence-corrected chi connectivity index (χ2v) is 6.43. The van der Waals surface area contributed by atoms with Crippen molar-refractivity contribution in [3.8, 4) is 16.9 Å². The number of aliphatic imine (C=N–C) groups is 1. The van der Waals surface area contributed by atoms with Crippen molar-refractivity contribution in [3.63, 3.8) is 0 Å². The minimum atomic E-state index is 0. The number of benzene rings is 1. The van der Waals surface area contributed by atoms with Crippen LogP contribution in [0.1, 0.15) is 4.88 Å². The van der Waals surface area contributed by atoms with Crippen LogP contribution in [0.15, 0.2) is 40.7 Å². The molecule has 1 heterocycles. The molecule has 0 atom stereocenters. The third-order valence-corrected chi connectivity index (χ3v) is 4.17. The molecule has 0 bridgehead atoms. The zero-order valence-corrected chi connectivity index (χ0v) is 17.4. The van der Waals surface area contributed by atoms with E-state index in [4.69, 9.17) is 4.74 Å². The average molecular weight is 445 g/mol. The van der Waals surface area contributed by atoms with Gasteiger partial charge in [0.1, 0.15) is 5.75 Å². The molecule has 6 heteroatoms. The topological polar surface area (TPSA) is 28.1 Å². The third-order valence-electron chi connectivity index (χ3n) is 3.25. The van der Waals surface area contributed by atoms with Crippen molar-refractivity contribution in [2.75, 3.05) is 35.3 Å². The Labute approximate surface area is 159 Å². The standard InChI is InChI=1S/C17H23N3OS.HI/c1-19(2)17(20(3)4)18-11-16-10-14(12-22-16)13-6-8-15(21-5)9-7-13;/h6-10,12H,11H2,1-5H3;1H. The largest absolute Gasteiger partial charge is 0.497 e. The first-order chi connectivity index (χ1) is 10.5. The summed E-state index contributed by atoms with van der Waals surface area (Å²) in [5.41, 5.74) is 2.43. The third kappa shape index (κ3) is 5.39. The first-order valence-corrected chi connectivity index (χ1v) is 8.00. The summed E-state index contributed by atoms with van der Waals surface area (Å²) >= 11 is 1.74. The molecule has 0 aliphatic heterocycles. The number of nitrogens with zero attached hydrogens (tertiary/aromatic N) is 3. The van der Waals surface area contributed by atoms with Gasteiger partial charge in [-0.1, -0.05) is 12.1 Å². The fourth-order valence-corrected chi connectivity index (χ4v) is 3.05. The van der Waals surface area contributed by atoms with Crippen LogP contribution in [0.5, 0.6) is 5.75 Å². The Morgan fingerprint density at radius 3 is 2.17 bits per heavy atom. The second-order valence-electron chi connectivity index (χ2n) is 5.44. The van der Waals surface area contributed by atoms with Gasteiger partial charge in [0.25, 0.3) is 0 Å². The first kappa shape index (κ1) is 19.8. The van der Waals surface area contributed by atoms with Crippen LogP contribution < -0.4 is 4.74 Å². The molecule has 0 aliphatic carbocycles. The van der Waals surface area contributed by atoms with E-state index in [9.17, 15) is 0 Å². The van der Waals surface area contributed by atoms with Gasteiger partial charge in [-0.15, -0.1) is 35.3 Å². The zero-order valence-electron chi connectivity index (χ0n) is 14.2. The monoisotopic (exact) mass is 445 g/mol. The zero-order chi connectivity index (χ0) is 16.1. The quantitative estimate of drug-likeness (QED) is 0.404. The van der Waals surface area contributed by atoms with E-state index in [-0.39, 0.29) is 24.0 Å². The van der Waals surface area contributed by atoms with Crippen LogP contribution in [0.2, 0.25) is 0 Å². The molecule has 0 spiro atoms. The summed E-state index contributed by atoms with van der Waals surface area (Å²) in [4.78, 5) is 9.99. The Morgan fingerprint density at radius 1 is 1.04 bits per heavy atom. The molecular formula is C17H24IN3OS. The van der Waals surface area contributed by atoms with Gasteiger partial charge in [0.2, 0.25) is 0 Å². The smallest absolute Gasteiger partial charge is 0.195 e. The number of rotatable bonds is 4. The highest BCUT2D eigenvalue weighted by molar-refractivity contribution is 14.0. The molecule has 0 saturated heterocycles. The molecule has 2 rings (SSSR count). The maximum Gasteiger partial charge on any atom is 0.195 e. The number of halogens is 1. The Balaban J connectivity index is 0.00000264. The minimum absolute atomic E-state index is 0. The van der Waals surface area contributed by atoms with Crippen molar-refractivity contribution in [2.45, 2.75) is 6.54 Å². The maximum atomic E-state index is 5.20. The summed E-state index contributed by atoms with van der Waals surface area (Å²) in [6.45, 7) is 0.701. The van der Waals surface area contributed by atoms with Crippen LogP contribution in [-0.4, -0.2) is 51.1 Å². The number of guanidine groups is 1. The van der Waals surface area contributed by atoms with Gasteiger partial charge < -0.3 is 14.5 Å². The summed E-state index contributed by atoms with van der Waals surface area (Å²) in [7, 11) is 9.72. The van der Waals surface area contributed by atoms with E-state index < -0.39 is 0 Å². The fourth-order valence-electron chi connectivity index (χ4n) is 2.23. The summed E-state index contributed by atoms with van der Waals surface area (Å²) in [6, 6.07) is 10.3. The SMILES string of the molecule is COc1ccc(-c2csc(CN=C(N(C)C)N(C)C)c2)cc1.I. The molecule has 0 saturated carbocycles. The molecule has 0 radical (unpaired) electrons. The highest BCUT2D eigenvalue weighted by Crippen LogP contribution is 2.27. The lowest BCUT2D eigenvalue weighted by Crippen LogP contribution is -2.35. The van der Waals surface area contributed by atoms with Crippen molar-refractivity contribution in [1.29, 1.82) is 0 Å². The molecule has 126 valence electrons. The van der Waals surface area contributed by atoms with Gasteiger partial charge in [0.15, 0.2) is 5.96 Å². The molecule has 1 aromatic heterocycles. The summed E-state index contributed by atoms with van der Waals surface area (Å²) in [5.74, 6) is 1.85. The van der Waals surface area contributed by atoms with Crippen LogP contribution in [-0.2, 0) is 6.54 Å². The number of methoxy groups -OCH3 is 1. The molecule has 0 aliphatic rings. The Hall–Kier alpha value is -1.28. The molecule has 0 N–H and O–H groups in total. The molecule has 23 heavy (non-hydrogen) atoms. The van der Waals surface area contributed by atoms with E-state index in [1.807, 2.05) is 50.1 Å². The lowest BCUT2D eigenvalue weighted by atomic mass is 10.1. The van der Waals surface area contributed by atoms with E-state index in [0.29, 0.717) is 6.54 Å². The predicted molar refractivity (Wildman–Crippen MR) is 110 cm³/mol. The van der Waals surface area contributed by atoms with Crippen LogP contribution in [0.4, 0.5) is 0 Å². The lowest BCUT2D eigenvalue weighted by molar-refractivity contribution is 0.415. The van der Waals surface area contributed by atoms with Crippen molar-refractivity contribution in [1.82, 2.24) is 9.80 Å². The molecular weight excluding hydrogens is 421 g/mol. The molecule has 1 aromatic carbocycles. The van der Waals surface area contributed by atoms with Gasteiger partial charge in [-0.05, 0) is 34.7 Å². The Bertz CT molecular complexity index is 626. The van der Waals surface area contributed by atoms with Gasteiger partial charge in [-0.25, -0.2) is 4.99 Å². The van der Waals surface area contributed by atoms with Gasteiger partial charge in [-0.2, -0.15) is 0 Å².